The van der Waals surface area contributed by atoms with E-state index in [-0.39, 0.29) is 0 Å². The van der Waals surface area contributed by atoms with Crippen molar-refractivity contribution >= 4 is 5.69 Å². The van der Waals surface area contributed by atoms with Gasteiger partial charge in [-0.2, -0.15) is 13.2 Å². The molecule has 6 heteroatoms. The summed E-state index contributed by atoms with van der Waals surface area (Å²) in [6.07, 6.45) is -0.821. The number of nitrogens with zero attached hydrogens (tertiary/aromatic N) is 1. The van der Waals surface area contributed by atoms with Gasteiger partial charge in [-0.05, 0) is 55.7 Å². The lowest BCUT2D eigenvalue weighted by molar-refractivity contribution is -0.259. The summed E-state index contributed by atoms with van der Waals surface area (Å²) >= 11 is 0. The number of piperidine rings is 1. The lowest BCUT2D eigenvalue weighted by Gasteiger charge is -2.37. The molecule has 2 aliphatic rings. The molecule has 3 nitrogen and oxygen atoms in total. The molecule has 1 saturated heterocycles. The molecular weight excluding hydrogens is 343 g/mol. The van der Waals surface area contributed by atoms with Crippen molar-refractivity contribution in [2.75, 3.05) is 24.6 Å². The quantitative estimate of drug-likeness (QED) is 0.840. The molecule has 0 aromatic heterocycles. The average molecular weight is 371 g/mol. The molecule has 26 heavy (non-hydrogen) atoms. The van der Waals surface area contributed by atoms with Crippen molar-refractivity contribution in [2.24, 2.45) is 0 Å². The normalized spacial score (nSPS) is 20.5. The second-order valence-electron chi connectivity index (χ2n) is 8.46. The van der Waals surface area contributed by atoms with E-state index in [1.165, 1.54) is 6.42 Å². The van der Waals surface area contributed by atoms with Crippen molar-refractivity contribution in [2.45, 2.75) is 70.1 Å². The van der Waals surface area contributed by atoms with Gasteiger partial charge >= 0.3 is 6.18 Å². The van der Waals surface area contributed by atoms with E-state index in [2.05, 4.69) is 11.0 Å². The number of hydrogen-bond acceptors (Lipinski definition) is 3. The van der Waals surface area contributed by atoms with E-state index in [4.69, 9.17) is 4.74 Å². The van der Waals surface area contributed by atoms with Crippen LogP contribution in [0.15, 0.2) is 12.1 Å². The molecule has 1 unspecified atom stereocenters. The smallest absolute Gasteiger partial charge is 0.416 e. The lowest BCUT2D eigenvalue weighted by atomic mass is 9.74. The molecule has 1 aromatic carbocycles. The van der Waals surface area contributed by atoms with Crippen LogP contribution >= 0.6 is 0 Å². The molecule has 0 aliphatic carbocycles. The molecule has 3 rings (SSSR count). The second kappa shape index (κ2) is 6.63. The van der Waals surface area contributed by atoms with E-state index in [0.29, 0.717) is 12.4 Å². The Labute approximate surface area is 153 Å². The lowest BCUT2D eigenvalue weighted by Crippen LogP contribution is -2.46. The van der Waals surface area contributed by atoms with Gasteiger partial charge in [0.2, 0.25) is 0 Å². The van der Waals surface area contributed by atoms with Gasteiger partial charge < -0.3 is 14.7 Å². The number of rotatable bonds is 4. The summed E-state index contributed by atoms with van der Waals surface area (Å²) < 4.78 is 45.5. The van der Waals surface area contributed by atoms with Crippen LogP contribution in [-0.2, 0) is 11.8 Å². The SMILES string of the molecule is CC(C)(CC(C)(O)C(F)(F)F)c1cc(N2CCCCC2)cc2c1OCC2. The summed E-state index contributed by atoms with van der Waals surface area (Å²) in [5, 5.41) is 10.0. The Hall–Kier alpha value is -1.43. The van der Waals surface area contributed by atoms with Gasteiger partial charge in [0.15, 0.2) is 5.60 Å². The van der Waals surface area contributed by atoms with E-state index < -0.39 is 23.6 Å². The first-order chi connectivity index (χ1) is 12.0. The Balaban J connectivity index is 1.98. The highest BCUT2D eigenvalue weighted by Crippen LogP contribution is 2.46. The van der Waals surface area contributed by atoms with Crippen LogP contribution in [0.4, 0.5) is 18.9 Å². The van der Waals surface area contributed by atoms with Gasteiger partial charge in [-0.1, -0.05) is 13.8 Å². The number of anilines is 1. The fourth-order valence-electron chi connectivity index (χ4n) is 4.18. The predicted octanol–water partition coefficient (Wildman–Crippen LogP) is 4.59. The van der Waals surface area contributed by atoms with Crippen LogP contribution in [0.25, 0.3) is 0 Å². The zero-order valence-electron chi connectivity index (χ0n) is 15.7. The van der Waals surface area contributed by atoms with E-state index in [1.54, 1.807) is 13.8 Å². The molecule has 2 aliphatic heterocycles. The summed E-state index contributed by atoms with van der Waals surface area (Å²) in [6, 6.07) is 4.09. The largest absolute Gasteiger partial charge is 0.493 e. The highest BCUT2D eigenvalue weighted by molar-refractivity contribution is 5.60. The molecule has 1 fully saturated rings. The van der Waals surface area contributed by atoms with Crippen LogP contribution in [-0.4, -0.2) is 36.6 Å². The van der Waals surface area contributed by atoms with Gasteiger partial charge in [0, 0.05) is 30.8 Å². The number of halogens is 3. The topological polar surface area (TPSA) is 32.7 Å². The number of aliphatic hydroxyl groups is 1. The molecule has 0 bridgehead atoms. The van der Waals surface area contributed by atoms with Gasteiger partial charge in [-0.15, -0.1) is 0 Å². The molecular formula is C20H28F3NO2. The maximum Gasteiger partial charge on any atom is 0.416 e. The molecule has 1 N–H and O–H groups in total. The summed E-state index contributed by atoms with van der Waals surface area (Å²) in [7, 11) is 0. The average Bonchev–Trinajstić information content (AvgIpc) is 3.01. The van der Waals surface area contributed by atoms with Crippen LogP contribution < -0.4 is 9.64 Å². The monoisotopic (exact) mass is 371 g/mol. The number of hydrogen-bond donors (Lipinski definition) is 1. The first kappa shape index (κ1) is 19.3. The van der Waals surface area contributed by atoms with E-state index in [9.17, 15) is 18.3 Å². The molecule has 0 radical (unpaired) electrons. The predicted molar refractivity (Wildman–Crippen MR) is 96.0 cm³/mol. The highest BCUT2D eigenvalue weighted by atomic mass is 19.4. The fourth-order valence-corrected chi connectivity index (χ4v) is 4.18. The van der Waals surface area contributed by atoms with Crippen molar-refractivity contribution in [1.82, 2.24) is 0 Å². The summed E-state index contributed by atoms with van der Waals surface area (Å²) in [6.45, 7) is 6.86. The van der Waals surface area contributed by atoms with Crippen molar-refractivity contribution in [3.63, 3.8) is 0 Å². The number of ether oxygens (including phenoxy) is 1. The first-order valence-corrected chi connectivity index (χ1v) is 9.35. The highest BCUT2D eigenvalue weighted by Gasteiger charge is 2.52. The van der Waals surface area contributed by atoms with Crippen LogP contribution in [0.3, 0.4) is 0 Å². The van der Waals surface area contributed by atoms with Crippen molar-refractivity contribution in [3.8, 4) is 5.75 Å². The van der Waals surface area contributed by atoms with Crippen molar-refractivity contribution < 1.29 is 23.0 Å². The van der Waals surface area contributed by atoms with Crippen molar-refractivity contribution in [3.05, 3.63) is 23.3 Å². The third-order valence-electron chi connectivity index (χ3n) is 5.62. The molecule has 0 spiro atoms. The number of alkyl halides is 3. The van der Waals surface area contributed by atoms with Crippen LogP contribution in [0.5, 0.6) is 5.75 Å². The molecule has 1 aromatic rings. The van der Waals surface area contributed by atoms with Crippen LogP contribution in [0, 0.1) is 0 Å². The van der Waals surface area contributed by atoms with E-state index in [0.717, 1.165) is 56.1 Å². The Morgan fingerprint density at radius 2 is 1.73 bits per heavy atom. The maximum absolute atomic E-state index is 13.2. The minimum atomic E-state index is -4.67. The molecule has 0 saturated carbocycles. The minimum absolute atomic E-state index is 0.414. The Bertz CT molecular complexity index is 662. The Morgan fingerprint density at radius 1 is 1.08 bits per heavy atom. The molecule has 1 atom stereocenters. The summed E-state index contributed by atoms with van der Waals surface area (Å²) in [5.74, 6) is 0.703. The van der Waals surface area contributed by atoms with Gasteiger partial charge in [0.25, 0.3) is 0 Å². The Morgan fingerprint density at radius 3 is 2.35 bits per heavy atom. The van der Waals surface area contributed by atoms with E-state index in [1.807, 2.05) is 6.07 Å². The summed E-state index contributed by atoms with van der Waals surface area (Å²) in [5.41, 5.74) is -0.744. The van der Waals surface area contributed by atoms with E-state index >= 15 is 0 Å². The maximum atomic E-state index is 13.2. The van der Waals surface area contributed by atoms with Crippen molar-refractivity contribution in [1.29, 1.82) is 0 Å². The zero-order chi connectivity index (χ0) is 19.2. The molecule has 146 valence electrons. The minimum Gasteiger partial charge on any atom is -0.493 e. The zero-order valence-corrected chi connectivity index (χ0v) is 15.7. The molecule has 0 amide bonds. The van der Waals surface area contributed by atoms with Gasteiger partial charge in [0.1, 0.15) is 5.75 Å². The standard InChI is InChI=1S/C20H28F3NO2/c1-18(2,13-19(3,25)20(21,22)23)16-12-15(24-8-5-4-6-9-24)11-14-7-10-26-17(14)16/h11-12,25H,4-10,13H2,1-3H3. The Kier molecular flexibility index (Phi) is 4.93. The molecule has 2 heterocycles. The van der Waals surface area contributed by atoms with Crippen LogP contribution in [0.1, 0.15) is 57.6 Å². The van der Waals surface area contributed by atoms with Gasteiger partial charge in [0.05, 0.1) is 6.61 Å². The summed E-state index contributed by atoms with van der Waals surface area (Å²) in [4.78, 5) is 2.31. The first-order valence-electron chi connectivity index (χ1n) is 9.35. The number of benzene rings is 1. The second-order valence-corrected chi connectivity index (χ2v) is 8.46. The third-order valence-corrected chi connectivity index (χ3v) is 5.62. The number of fused-ring (bicyclic) bond motifs is 1. The van der Waals surface area contributed by atoms with Gasteiger partial charge in [-0.3, -0.25) is 0 Å². The fraction of sp³-hybridized carbons (Fsp3) is 0.700. The van der Waals surface area contributed by atoms with Crippen LogP contribution in [0.2, 0.25) is 0 Å². The van der Waals surface area contributed by atoms with Gasteiger partial charge in [-0.25, -0.2) is 0 Å². The third kappa shape index (κ3) is 3.66.